The average Bonchev–Trinajstić information content (AvgIpc) is 3.21. The molecule has 1 aliphatic heterocycles. The lowest BCUT2D eigenvalue weighted by Gasteiger charge is -2.42. The SMILES string of the molecule is CCCCCCCCCCCCCCCCCCCCC(O)C(=O)NC(COC1OC(CO)C(O)C(O)C1NC(C)=O)C(O)C(O)CCCCCCCCCCC(C)C. The Labute approximate surface area is 359 Å². The van der Waals surface area contributed by atoms with Gasteiger partial charge >= 0.3 is 0 Å². The number of carbonyl (C=O) groups is 2. The number of hydrogen-bond acceptors (Lipinski definition) is 10. The Morgan fingerprint density at radius 1 is 0.627 bits per heavy atom. The molecule has 0 saturated carbocycles. The van der Waals surface area contributed by atoms with Gasteiger partial charge in [0, 0.05) is 6.92 Å². The fraction of sp³-hybridized carbons (Fsp3) is 0.957. The van der Waals surface area contributed by atoms with E-state index < -0.39 is 80.0 Å². The zero-order valence-corrected chi connectivity index (χ0v) is 38.0. The van der Waals surface area contributed by atoms with Gasteiger partial charge in [0.25, 0.3) is 0 Å². The van der Waals surface area contributed by atoms with Gasteiger partial charge in [0.05, 0.1) is 25.4 Å². The van der Waals surface area contributed by atoms with E-state index >= 15 is 0 Å². The Hall–Kier alpha value is -1.38. The molecule has 8 N–H and O–H groups in total. The van der Waals surface area contributed by atoms with E-state index in [0.717, 1.165) is 44.4 Å². The molecule has 1 aliphatic rings. The number of nitrogens with one attached hydrogen (secondary N) is 2. The van der Waals surface area contributed by atoms with Gasteiger partial charge in [-0.05, 0) is 18.8 Å². The number of hydrogen-bond donors (Lipinski definition) is 8. The van der Waals surface area contributed by atoms with Gasteiger partial charge in [-0.1, -0.05) is 194 Å². The second-order valence-corrected chi connectivity index (χ2v) is 18.1. The standard InChI is InChI=1S/C47H92N2O10/c1-5-6-7-8-9-10-11-12-13-14-15-16-17-18-19-24-27-30-33-40(53)46(57)49-38(35-58-47-42(48-37(4)51)45(56)44(55)41(34-50)59-47)43(54)39(52)32-29-26-23-21-20-22-25-28-31-36(2)3/h36,38-45,47,50,52-56H,5-35H2,1-4H3,(H,48,51)(H,49,57). The summed E-state index contributed by atoms with van der Waals surface area (Å²) in [5.41, 5.74) is 0. The summed E-state index contributed by atoms with van der Waals surface area (Å²) in [4.78, 5) is 25.1. The lowest BCUT2D eigenvalue weighted by Crippen LogP contribution is -2.65. The first kappa shape index (κ1) is 55.6. The summed E-state index contributed by atoms with van der Waals surface area (Å²) < 4.78 is 11.5. The fourth-order valence-electron chi connectivity index (χ4n) is 8.09. The molecular weight excluding hydrogens is 753 g/mol. The summed E-state index contributed by atoms with van der Waals surface area (Å²) in [7, 11) is 0. The molecule has 0 aromatic heterocycles. The normalized spacial score (nSPS) is 21.6. The molecular formula is C47H92N2O10. The molecule has 12 nitrogen and oxygen atoms in total. The predicted octanol–water partition coefficient (Wildman–Crippen LogP) is 7.50. The molecule has 59 heavy (non-hydrogen) atoms. The Kier molecular flexibility index (Phi) is 34.1. The van der Waals surface area contributed by atoms with Crippen LogP contribution in [-0.4, -0.2) is 111 Å². The lowest BCUT2D eigenvalue weighted by molar-refractivity contribution is -0.272. The van der Waals surface area contributed by atoms with Gasteiger partial charge in [-0.3, -0.25) is 9.59 Å². The van der Waals surface area contributed by atoms with Crippen molar-refractivity contribution in [1.29, 1.82) is 0 Å². The van der Waals surface area contributed by atoms with Gasteiger partial charge in [-0.2, -0.15) is 0 Å². The van der Waals surface area contributed by atoms with E-state index in [0.29, 0.717) is 19.3 Å². The van der Waals surface area contributed by atoms with Gasteiger partial charge < -0.3 is 50.7 Å². The van der Waals surface area contributed by atoms with Gasteiger partial charge in [0.1, 0.15) is 36.6 Å². The topological polar surface area (TPSA) is 198 Å². The molecule has 0 spiro atoms. The van der Waals surface area contributed by atoms with Crippen LogP contribution < -0.4 is 10.6 Å². The highest BCUT2D eigenvalue weighted by Gasteiger charge is 2.46. The first-order valence-corrected chi connectivity index (χ1v) is 24.3. The van der Waals surface area contributed by atoms with E-state index in [4.69, 9.17) is 9.47 Å². The van der Waals surface area contributed by atoms with E-state index in [1.165, 1.54) is 129 Å². The van der Waals surface area contributed by atoms with Crippen molar-refractivity contribution in [2.75, 3.05) is 13.2 Å². The smallest absolute Gasteiger partial charge is 0.249 e. The Bertz CT molecular complexity index is 1010. The highest BCUT2D eigenvalue weighted by atomic mass is 16.7. The van der Waals surface area contributed by atoms with Crippen molar-refractivity contribution in [3.05, 3.63) is 0 Å². The molecule has 1 rings (SSSR count). The molecule has 1 saturated heterocycles. The van der Waals surface area contributed by atoms with Gasteiger partial charge in [0.2, 0.25) is 11.8 Å². The van der Waals surface area contributed by atoms with Gasteiger partial charge in [-0.25, -0.2) is 0 Å². The Morgan fingerprint density at radius 3 is 1.47 bits per heavy atom. The number of unbranched alkanes of at least 4 members (excludes halogenated alkanes) is 24. The summed E-state index contributed by atoms with van der Waals surface area (Å²) in [5.74, 6) is -0.474. The summed E-state index contributed by atoms with van der Waals surface area (Å²) in [5, 5.41) is 69.0. The monoisotopic (exact) mass is 845 g/mol. The van der Waals surface area contributed by atoms with E-state index in [1.54, 1.807) is 0 Å². The number of ether oxygens (including phenoxy) is 2. The highest BCUT2D eigenvalue weighted by molar-refractivity contribution is 5.80. The Balaban J connectivity index is 2.54. The van der Waals surface area contributed by atoms with Crippen LogP contribution in [0.2, 0.25) is 0 Å². The second kappa shape index (κ2) is 36.1. The highest BCUT2D eigenvalue weighted by Crippen LogP contribution is 2.24. The first-order chi connectivity index (χ1) is 28.4. The molecule has 1 fully saturated rings. The largest absolute Gasteiger partial charge is 0.394 e. The van der Waals surface area contributed by atoms with Crippen molar-refractivity contribution >= 4 is 11.8 Å². The number of rotatable bonds is 39. The van der Waals surface area contributed by atoms with Crippen LogP contribution in [0.5, 0.6) is 0 Å². The molecule has 0 bridgehead atoms. The number of aliphatic hydroxyl groups is 6. The van der Waals surface area contributed by atoms with Crippen molar-refractivity contribution in [1.82, 2.24) is 10.6 Å². The van der Waals surface area contributed by atoms with Crippen LogP contribution in [0.15, 0.2) is 0 Å². The van der Waals surface area contributed by atoms with Crippen LogP contribution in [0, 0.1) is 5.92 Å². The summed E-state index contributed by atoms with van der Waals surface area (Å²) in [6.07, 6.45) is 23.4. The van der Waals surface area contributed by atoms with Crippen LogP contribution in [0.4, 0.5) is 0 Å². The molecule has 9 unspecified atom stereocenters. The zero-order valence-electron chi connectivity index (χ0n) is 38.0. The van der Waals surface area contributed by atoms with Crippen LogP contribution in [0.1, 0.15) is 214 Å². The maximum atomic E-state index is 13.2. The number of amides is 2. The molecule has 9 atom stereocenters. The van der Waals surface area contributed by atoms with Crippen molar-refractivity contribution in [3.63, 3.8) is 0 Å². The third-order valence-electron chi connectivity index (χ3n) is 12.0. The van der Waals surface area contributed by atoms with Gasteiger partial charge in [-0.15, -0.1) is 0 Å². The van der Waals surface area contributed by atoms with E-state index in [-0.39, 0.29) is 6.42 Å². The molecule has 0 radical (unpaired) electrons. The van der Waals surface area contributed by atoms with Gasteiger partial charge in [0.15, 0.2) is 6.29 Å². The fourth-order valence-corrected chi connectivity index (χ4v) is 8.09. The minimum atomic E-state index is -1.53. The van der Waals surface area contributed by atoms with E-state index in [2.05, 4.69) is 31.4 Å². The second-order valence-electron chi connectivity index (χ2n) is 18.1. The minimum Gasteiger partial charge on any atom is -0.394 e. The molecule has 12 heteroatoms. The summed E-state index contributed by atoms with van der Waals surface area (Å²) in [6, 6.07) is -2.38. The third kappa shape index (κ3) is 27.3. The van der Waals surface area contributed by atoms with Crippen LogP contribution in [0.3, 0.4) is 0 Å². The average molecular weight is 845 g/mol. The molecule has 0 aromatic rings. The molecule has 0 aromatic carbocycles. The number of aliphatic hydroxyl groups excluding tert-OH is 6. The minimum absolute atomic E-state index is 0.257. The number of carbonyl (C=O) groups excluding carboxylic acids is 2. The summed E-state index contributed by atoms with van der Waals surface area (Å²) >= 11 is 0. The van der Waals surface area contributed by atoms with Crippen molar-refractivity contribution < 1.29 is 49.7 Å². The van der Waals surface area contributed by atoms with Crippen molar-refractivity contribution in [3.8, 4) is 0 Å². The van der Waals surface area contributed by atoms with Crippen LogP contribution >= 0.6 is 0 Å². The lowest BCUT2D eigenvalue weighted by atomic mass is 9.96. The van der Waals surface area contributed by atoms with E-state index in [9.17, 15) is 40.2 Å². The molecule has 0 aliphatic carbocycles. The molecule has 2 amide bonds. The zero-order chi connectivity index (χ0) is 43.7. The van der Waals surface area contributed by atoms with Crippen molar-refractivity contribution in [2.45, 2.75) is 269 Å². The molecule has 1 heterocycles. The molecule has 350 valence electrons. The van der Waals surface area contributed by atoms with E-state index in [1.807, 2.05) is 0 Å². The summed E-state index contributed by atoms with van der Waals surface area (Å²) in [6.45, 7) is 6.96. The van der Waals surface area contributed by atoms with Crippen molar-refractivity contribution in [2.24, 2.45) is 5.92 Å². The maximum Gasteiger partial charge on any atom is 0.249 e. The predicted molar refractivity (Wildman–Crippen MR) is 236 cm³/mol. The van der Waals surface area contributed by atoms with Crippen LogP contribution in [-0.2, 0) is 19.1 Å². The first-order valence-electron chi connectivity index (χ1n) is 24.3. The maximum absolute atomic E-state index is 13.2. The quantitative estimate of drug-likeness (QED) is 0.0287. The van der Waals surface area contributed by atoms with Crippen LogP contribution in [0.25, 0.3) is 0 Å². The third-order valence-corrected chi connectivity index (χ3v) is 12.0. The Morgan fingerprint density at radius 2 is 1.05 bits per heavy atom.